The highest BCUT2D eigenvalue weighted by Gasteiger charge is 2.17. The fourth-order valence-corrected chi connectivity index (χ4v) is 2.35. The van der Waals surface area contributed by atoms with Gasteiger partial charge in [-0.05, 0) is 12.6 Å². The summed E-state index contributed by atoms with van der Waals surface area (Å²) in [5.74, 6) is 0.889. The topological polar surface area (TPSA) is 128 Å². The third kappa shape index (κ3) is 8.59. The summed E-state index contributed by atoms with van der Waals surface area (Å²) in [6, 6.07) is 9.68. The van der Waals surface area contributed by atoms with Crippen molar-refractivity contribution in [3.63, 3.8) is 0 Å². The van der Waals surface area contributed by atoms with E-state index in [9.17, 15) is 27.6 Å². The molecule has 0 aliphatic carbocycles. The predicted octanol–water partition coefficient (Wildman–Crippen LogP) is 1.81. The Labute approximate surface area is 188 Å². The molecule has 2 rings (SSSR count). The lowest BCUT2D eigenvalue weighted by Crippen LogP contribution is -2.31. The van der Waals surface area contributed by atoms with Crippen LogP contribution >= 0.6 is 0 Å². The summed E-state index contributed by atoms with van der Waals surface area (Å²) in [4.78, 5) is 34.2. The number of benzene rings is 2. The minimum absolute atomic E-state index is 0.0684. The molecule has 0 fully saturated rings. The van der Waals surface area contributed by atoms with Gasteiger partial charge in [-0.3, -0.25) is 19.4 Å². The van der Waals surface area contributed by atoms with Crippen molar-refractivity contribution in [3.05, 3.63) is 94.8 Å². The molecule has 33 heavy (non-hydrogen) atoms. The Balaban J connectivity index is 0.00000265. The minimum atomic E-state index is -1.17. The quantitative estimate of drug-likeness (QED) is 0.161. The Kier molecular flexibility index (Phi) is 11.6. The molecule has 176 valence electrons. The minimum Gasteiger partial charge on any atom is -0.482 e. The van der Waals surface area contributed by atoms with Gasteiger partial charge in [-0.25, -0.2) is 19.0 Å². The van der Waals surface area contributed by atoms with Crippen LogP contribution in [0.1, 0.15) is 11.1 Å². The smallest absolute Gasteiger partial charge is 0.288 e. The number of amides is 1. The maximum absolute atomic E-state index is 13.8. The van der Waals surface area contributed by atoms with Crippen LogP contribution in [0.15, 0.2) is 66.2 Å². The molecule has 0 saturated heterocycles. The Bertz CT molecular complexity index is 991. The lowest BCUT2D eigenvalue weighted by atomic mass is 10.2. The van der Waals surface area contributed by atoms with E-state index in [2.05, 4.69) is 11.1 Å². The summed E-state index contributed by atoms with van der Waals surface area (Å²) in [5.41, 5.74) is 4.36. The van der Waals surface area contributed by atoms with Gasteiger partial charge in [-0.2, -0.15) is 0 Å². The van der Waals surface area contributed by atoms with Crippen molar-refractivity contribution in [1.82, 2.24) is 10.3 Å². The largest absolute Gasteiger partial charge is 0.482 e. The molecule has 0 unspecified atom stereocenters. The van der Waals surface area contributed by atoms with Crippen LogP contribution in [0.5, 0.6) is 0 Å². The Morgan fingerprint density at radius 3 is 2.24 bits per heavy atom. The van der Waals surface area contributed by atoms with Crippen molar-refractivity contribution < 1.29 is 32.3 Å². The monoisotopic (exact) mass is 464 g/mol. The fraction of sp³-hybridized carbons (Fsp3) is 0.136. The van der Waals surface area contributed by atoms with Crippen LogP contribution in [0.2, 0.25) is 0 Å². The highest BCUT2D eigenvalue weighted by molar-refractivity contribution is 5.91. The first-order valence-corrected chi connectivity index (χ1v) is 9.38. The Morgan fingerprint density at radius 1 is 1.09 bits per heavy atom. The van der Waals surface area contributed by atoms with E-state index in [4.69, 9.17) is 10.6 Å². The highest BCUT2D eigenvalue weighted by Crippen LogP contribution is 2.15. The first-order chi connectivity index (χ1) is 15.8. The van der Waals surface area contributed by atoms with Crippen LogP contribution in [-0.2, 0) is 32.3 Å². The molecular formula is C22H23F3N4O4. The predicted molar refractivity (Wildman–Crippen MR) is 114 cm³/mol. The number of rotatable bonds is 10. The lowest BCUT2D eigenvalue weighted by molar-refractivity contribution is -0.121. The molecule has 2 aromatic carbocycles. The second-order valence-corrected chi connectivity index (χ2v) is 6.05. The van der Waals surface area contributed by atoms with E-state index >= 15 is 0 Å². The van der Waals surface area contributed by atoms with Crippen molar-refractivity contribution in [2.75, 3.05) is 7.05 Å². The molecule has 8 nitrogen and oxygen atoms in total. The van der Waals surface area contributed by atoms with Gasteiger partial charge in [0.05, 0.1) is 11.9 Å². The number of nitrogens with two attached hydrogens (primary N) is 2. The maximum Gasteiger partial charge on any atom is 0.288 e. The number of nitrogens with one attached hydrogen (secondary N) is 1. The van der Waals surface area contributed by atoms with Crippen molar-refractivity contribution >= 4 is 18.5 Å². The molecule has 0 aromatic heterocycles. The molecule has 0 saturated carbocycles. The van der Waals surface area contributed by atoms with E-state index in [0.29, 0.717) is 29.0 Å². The molecule has 0 aliphatic rings. The molecule has 5 N–H and O–H groups in total. The van der Waals surface area contributed by atoms with Crippen LogP contribution < -0.4 is 16.9 Å². The molecule has 0 atom stereocenters. The van der Waals surface area contributed by atoms with Gasteiger partial charge in [-0.1, -0.05) is 30.3 Å². The Morgan fingerprint density at radius 2 is 1.70 bits per heavy atom. The number of halogens is 3. The number of hydrogen-bond acceptors (Lipinski definition) is 7. The summed E-state index contributed by atoms with van der Waals surface area (Å²) in [6.45, 7) is -0.681. The van der Waals surface area contributed by atoms with Crippen LogP contribution in [0.4, 0.5) is 13.2 Å². The normalized spacial score (nSPS) is 11.1. The van der Waals surface area contributed by atoms with Gasteiger partial charge >= 0.3 is 0 Å². The summed E-state index contributed by atoms with van der Waals surface area (Å²) in [7, 11) is 1.50. The van der Waals surface area contributed by atoms with Gasteiger partial charge in [0.1, 0.15) is 30.3 Å². The number of hydrazine groups is 1. The summed E-state index contributed by atoms with van der Waals surface area (Å²) < 4.78 is 46.1. The van der Waals surface area contributed by atoms with Gasteiger partial charge in [0.15, 0.2) is 6.29 Å². The van der Waals surface area contributed by atoms with Gasteiger partial charge in [-0.15, -0.1) is 0 Å². The SMILES string of the molecule is CN.NN(/C=C(\OCc1ccccc1)C(=O)NCc1c(F)cc(F)cc1F)/C(C=O)=C\C=O. The second kappa shape index (κ2) is 14.2. The van der Waals surface area contributed by atoms with E-state index in [1.165, 1.54) is 7.05 Å². The number of carbonyl (C=O) groups excluding carboxylic acids is 3. The fourth-order valence-electron chi connectivity index (χ4n) is 2.35. The van der Waals surface area contributed by atoms with Crippen LogP contribution in [0.3, 0.4) is 0 Å². The van der Waals surface area contributed by atoms with Gasteiger partial charge in [0.25, 0.3) is 5.91 Å². The van der Waals surface area contributed by atoms with Crippen LogP contribution in [0, 0.1) is 17.5 Å². The van der Waals surface area contributed by atoms with E-state index in [1.54, 1.807) is 30.3 Å². The number of allylic oxidation sites excluding steroid dienone is 2. The first-order valence-electron chi connectivity index (χ1n) is 9.38. The number of ether oxygens (including phenoxy) is 1. The molecule has 1 amide bonds. The lowest BCUT2D eigenvalue weighted by Gasteiger charge is -2.17. The van der Waals surface area contributed by atoms with E-state index in [1.807, 2.05) is 0 Å². The maximum atomic E-state index is 13.8. The molecule has 0 bridgehead atoms. The zero-order valence-corrected chi connectivity index (χ0v) is 17.6. The summed E-state index contributed by atoms with van der Waals surface area (Å²) in [6.07, 6.45) is 2.39. The average molecular weight is 464 g/mol. The van der Waals surface area contributed by atoms with E-state index < -0.39 is 41.2 Å². The molecule has 0 aliphatic heterocycles. The molecule has 0 radical (unpaired) electrons. The number of carbonyl (C=O) groups is 3. The zero-order valence-electron chi connectivity index (χ0n) is 17.6. The Hall–Kier alpha value is -3.96. The molecule has 2 aromatic rings. The van der Waals surface area contributed by atoms with Gasteiger partial charge in [0.2, 0.25) is 5.76 Å². The van der Waals surface area contributed by atoms with E-state index in [-0.39, 0.29) is 18.6 Å². The standard InChI is InChI=1S/C21H18F3N3O4.CH5N/c22-15-8-18(23)17(19(24)9-15)10-26-21(30)20(11-27(25)16(12-29)6-7-28)31-13-14-4-2-1-3-5-14;1-2/h1-9,11-12H,10,13,25H2,(H,26,30);2H2,1H3/b16-6-,20-11-;. The van der Waals surface area contributed by atoms with Crippen LogP contribution in [0.25, 0.3) is 0 Å². The van der Waals surface area contributed by atoms with Crippen LogP contribution in [-0.4, -0.2) is 30.5 Å². The highest BCUT2D eigenvalue weighted by atomic mass is 19.1. The third-order valence-electron chi connectivity index (χ3n) is 3.91. The third-order valence-corrected chi connectivity index (χ3v) is 3.91. The average Bonchev–Trinajstić information content (AvgIpc) is 2.81. The summed E-state index contributed by atoms with van der Waals surface area (Å²) >= 11 is 0. The van der Waals surface area contributed by atoms with Crippen molar-refractivity contribution in [2.24, 2.45) is 11.6 Å². The van der Waals surface area contributed by atoms with Gasteiger partial charge in [0, 0.05) is 30.3 Å². The summed E-state index contributed by atoms with van der Waals surface area (Å²) in [5, 5.41) is 2.92. The number of nitrogens with zero attached hydrogens (tertiary/aromatic N) is 1. The van der Waals surface area contributed by atoms with Crippen molar-refractivity contribution in [3.8, 4) is 0 Å². The van der Waals surface area contributed by atoms with Crippen molar-refractivity contribution in [1.29, 1.82) is 0 Å². The molecule has 11 heteroatoms. The zero-order chi connectivity index (χ0) is 24.8. The van der Waals surface area contributed by atoms with Gasteiger partial charge < -0.3 is 15.8 Å². The number of aldehydes is 2. The molecular weight excluding hydrogens is 441 g/mol. The second-order valence-electron chi connectivity index (χ2n) is 6.05. The molecule has 0 heterocycles. The van der Waals surface area contributed by atoms with Crippen molar-refractivity contribution in [2.45, 2.75) is 13.2 Å². The molecule has 0 spiro atoms. The number of hydrogen-bond donors (Lipinski definition) is 3. The first kappa shape index (κ1) is 27.1. The van der Waals surface area contributed by atoms with E-state index in [0.717, 1.165) is 12.3 Å².